The van der Waals surface area contributed by atoms with Crippen LogP contribution in [0.25, 0.3) is 0 Å². The molecule has 1 fully saturated rings. The SMILES string of the molecule is CC(O)CC(=O)Nc1ccc(SNC(C)(C)C)cc1.NC(=O)C1CCCCC1. The molecule has 1 saturated carbocycles. The molecule has 6 nitrogen and oxygen atoms in total. The molecule has 1 aliphatic rings. The van der Waals surface area contributed by atoms with Crippen molar-refractivity contribution >= 4 is 29.4 Å². The van der Waals surface area contributed by atoms with E-state index in [4.69, 9.17) is 10.8 Å². The summed E-state index contributed by atoms with van der Waals surface area (Å²) < 4.78 is 3.32. The molecule has 5 N–H and O–H groups in total. The first-order valence-corrected chi connectivity index (χ1v) is 10.7. The number of hydrogen-bond acceptors (Lipinski definition) is 5. The molecule has 2 rings (SSSR count). The van der Waals surface area contributed by atoms with Crippen molar-refractivity contribution in [1.82, 2.24) is 4.72 Å². The number of aliphatic hydroxyl groups excluding tert-OH is 1. The summed E-state index contributed by atoms with van der Waals surface area (Å²) >= 11 is 1.56. The molecule has 158 valence electrons. The molecule has 0 aliphatic heterocycles. The first kappa shape index (κ1) is 24.5. The van der Waals surface area contributed by atoms with Crippen molar-refractivity contribution in [2.75, 3.05) is 5.32 Å². The smallest absolute Gasteiger partial charge is 0.226 e. The largest absolute Gasteiger partial charge is 0.393 e. The minimum Gasteiger partial charge on any atom is -0.393 e. The molecule has 0 heterocycles. The zero-order valence-corrected chi connectivity index (χ0v) is 18.3. The maximum Gasteiger partial charge on any atom is 0.226 e. The molecular weight excluding hydrogens is 374 g/mol. The average Bonchev–Trinajstić information content (AvgIpc) is 2.61. The van der Waals surface area contributed by atoms with Crippen LogP contribution in [0, 0.1) is 5.92 Å². The minimum absolute atomic E-state index is 0.0504. The van der Waals surface area contributed by atoms with Crippen LogP contribution in [0.4, 0.5) is 5.69 Å². The number of benzene rings is 1. The molecule has 0 spiro atoms. The summed E-state index contributed by atoms with van der Waals surface area (Å²) in [7, 11) is 0. The molecule has 1 aromatic carbocycles. The van der Waals surface area contributed by atoms with E-state index in [-0.39, 0.29) is 29.7 Å². The Balaban J connectivity index is 0.000000362. The lowest BCUT2D eigenvalue weighted by atomic mass is 9.89. The molecule has 7 heteroatoms. The van der Waals surface area contributed by atoms with Crippen molar-refractivity contribution in [1.29, 1.82) is 0 Å². The Morgan fingerprint density at radius 2 is 1.75 bits per heavy atom. The van der Waals surface area contributed by atoms with Crippen LogP contribution in [0.5, 0.6) is 0 Å². The minimum atomic E-state index is -0.620. The van der Waals surface area contributed by atoms with Gasteiger partial charge in [-0.3, -0.25) is 14.3 Å². The Morgan fingerprint density at radius 3 is 2.18 bits per heavy atom. The molecule has 1 atom stereocenters. The predicted octanol–water partition coefficient (Wildman–Crippen LogP) is 3.84. The van der Waals surface area contributed by atoms with E-state index in [2.05, 4.69) is 30.8 Å². The van der Waals surface area contributed by atoms with Crippen LogP contribution < -0.4 is 15.8 Å². The van der Waals surface area contributed by atoms with Gasteiger partial charge in [0.15, 0.2) is 0 Å². The van der Waals surface area contributed by atoms with Crippen LogP contribution in [0.3, 0.4) is 0 Å². The number of anilines is 1. The second-order valence-electron chi connectivity index (χ2n) is 8.32. The lowest BCUT2D eigenvalue weighted by molar-refractivity contribution is -0.122. The van der Waals surface area contributed by atoms with E-state index in [9.17, 15) is 9.59 Å². The zero-order chi connectivity index (χ0) is 21.2. The Hall–Kier alpha value is -1.57. The predicted molar refractivity (Wildman–Crippen MR) is 116 cm³/mol. The number of aliphatic hydroxyl groups is 1. The van der Waals surface area contributed by atoms with E-state index in [0.717, 1.165) is 23.4 Å². The third-order valence-corrected chi connectivity index (χ3v) is 5.32. The van der Waals surface area contributed by atoms with Crippen LogP contribution in [0.15, 0.2) is 29.2 Å². The van der Waals surface area contributed by atoms with Crippen molar-refractivity contribution in [2.45, 2.75) is 82.8 Å². The van der Waals surface area contributed by atoms with Crippen molar-refractivity contribution < 1.29 is 14.7 Å². The average molecular weight is 410 g/mol. The highest BCUT2D eigenvalue weighted by molar-refractivity contribution is 7.97. The number of hydrogen-bond donors (Lipinski definition) is 4. The molecule has 2 amide bonds. The van der Waals surface area contributed by atoms with E-state index in [1.165, 1.54) is 19.3 Å². The third-order valence-electron chi connectivity index (χ3n) is 4.10. The summed E-state index contributed by atoms with van der Waals surface area (Å²) in [6.07, 6.45) is 5.20. The molecule has 1 aliphatic carbocycles. The lowest BCUT2D eigenvalue weighted by Gasteiger charge is -2.19. The van der Waals surface area contributed by atoms with Crippen LogP contribution >= 0.6 is 11.9 Å². The van der Waals surface area contributed by atoms with Crippen LogP contribution in [-0.2, 0) is 9.59 Å². The van der Waals surface area contributed by atoms with Gasteiger partial charge < -0.3 is 16.2 Å². The van der Waals surface area contributed by atoms with Gasteiger partial charge in [0.25, 0.3) is 0 Å². The molecular formula is C21H35N3O3S. The molecule has 0 bridgehead atoms. The Labute approximate surface area is 173 Å². The molecule has 1 unspecified atom stereocenters. The Morgan fingerprint density at radius 1 is 1.18 bits per heavy atom. The molecule has 0 aromatic heterocycles. The number of nitrogens with two attached hydrogens (primary N) is 1. The highest BCUT2D eigenvalue weighted by Gasteiger charge is 2.17. The summed E-state index contributed by atoms with van der Waals surface area (Å²) in [5, 5.41) is 11.9. The maximum atomic E-state index is 11.5. The maximum absolute atomic E-state index is 11.5. The zero-order valence-electron chi connectivity index (χ0n) is 17.5. The highest BCUT2D eigenvalue weighted by atomic mass is 32.2. The van der Waals surface area contributed by atoms with Gasteiger partial charge in [-0.15, -0.1) is 0 Å². The number of carbonyl (C=O) groups is 2. The van der Waals surface area contributed by atoms with Gasteiger partial charge in [-0.05, 0) is 76.7 Å². The van der Waals surface area contributed by atoms with Gasteiger partial charge in [-0.2, -0.15) is 0 Å². The molecule has 0 radical (unpaired) electrons. The summed E-state index contributed by atoms with van der Waals surface area (Å²) in [5.41, 5.74) is 5.92. The van der Waals surface area contributed by atoms with Gasteiger partial charge in [-0.25, -0.2) is 0 Å². The number of primary amides is 1. The van der Waals surface area contributed by atoms with Crippen LogP contribution in [-0.4, -0.2) is 28.6 Å². The molecule has 1 aromatic rings. The highest BCUT2D eigenvalue weighted by Crippen LogP contribution is 2.23. The lowest BCUT2D eigenvalue weighted by Crippen LogP contribution is -2.29. The van der Waals surface area contributed by atoms with Gasteiger partial charge in [0, 0.05) is 22.0 Å². The number of nitrogens with one attached hydrogen (secondary N) is 2. The summed E-state index contributed by atoms with van der Waals surface area (Å²) in [4.78, 5) is 23.1. The summed E-state index contributed by atoms with van der Waals surface area (Å²) in [6, 6.07) is 7.60. The van der Waals surface area contributed by atoms with Crippen molar-refractivity contribution in [2.24, 2.45) is 11.7 Å². The molecule has 0 saturated heterocycles. The second kappa shape index (κ2) is 12.1. The fourth-order valence-corrected chi connectivity index (χ4v) is 3.38. The fraction of sp³-hybridized carbons (Fsp3) is 0.619. The van der Waals surface area contributed by atoms with Crippen LogP contribution in [0.2, 0.25) is 0 Å². The van der Waals surface area contributed by atoms with Crippen LogP contribution in [0.1, 0.15) is 66.2 Å². The standard InChI is InChI=1S/C14H22N2O2S.C7H13NO/c1-10(17)9-13(18)15-11-5-7-12(8-6-11)19-16-14(2,3)4;8-7(9)6-4-2-1-3-5-6/h5-8,10,16-17H,9H2,1-4H3,(H,15,18);6H,1-5H2,(H2,8,9). The van der Waals surface area contributed by atoms with Gasteiger partial charge >= 0.3 is 0 Å². The third kappa shape index (κ3) is 11.3. The van der Waals surface area contributed by atoms with Gasteiger partial charge in [-0.1, -0.05) is 19.3 Å². The number of rotatable bonds is 6. The summed E-state index contributed by atoms with van der Waals surface area (Å²) in [6.45, 7) is 7.90. The normalized spacial score (nSPS) is 15.9. The number of carbonyl (C=O) groups excluding carboxylic acids is 2. The van der Waals surface area contributed by atoms with E-state index in [0.29, 0.717) is 0 Å². The molecule has 28 heavy (non-hydrogen) atoms. The fourth-order valence-electron chi connectivity index (χ4n) is 2.69. The Kier molecular flexibility index (Phi) is 10.6. The van der Waals surface area contributed by atoms with Gasteiger partial charge in [0.1, 0.15) is 0 Å². The Bertz CT molecular complexity index is 606. The van der Waals surface area contributed by atoms with Gasteiger partial charge in [0.05, 0.1) is 12.5 Å². The first-order chi connectivity index (χ1) is 13.1. The van der Waals surface area contributed by atoms with E-state index < -0.39 is 6.10 Å². The quantitative estimate of drug-likeness (QED) is 0.534. The monoisotopic (exact) mass is 409 g/mol. The van der Waals surface area contributed by atoms with Crippen molar-refractivity contribution in [3.05, 3.63) is 24.3 Å². The number of amides is 2. The van der Waals surface area contributed by atoms with E-state index >= 15 is 0 Å². The van der Waals surface area contributed by atoms with Crippen molar-refractivity contribution in [3.63, 3.8) is 0 Å². The topological polar surface area (TPSA) is 104 Å². The van der Waals surface area contributed by atoms with E-state index in [1.54, 1.807) is 18.9 Å². The van der Waals surface area contributed by atoms with Gasteiger partial charge in [0.2, 0.25) is 11.8 Å². The van der Waals surface area contributed by atoms with Crippen molar-refractivity contribution in [3.8, 4) is 0 Å². The van der Waals surface area contributed by atoms with E-state index in [1.807, 2.05) is 24.3 Å². The first-order valence-electron chi connectivity index (χ1n) is 9.88. The second-order valence-corrected chi connectivity index (χ2v) is 9.20. The summed E-state index contributed by atoms with van der Waals surface area (Å²) in [5.74, 6) is -0.0864.